The van der Waals surface area contributed by atoms with Crippen molar-refractivity contribution in [2.24, 2.45) is 5.73 Å². The Morgan fingerprint density at radius 2 is 2.10 bits per heavy atom. The standard InChI is InChI=1S/C15H17N3O2/c1-2-17-15(19)14-9-13(6-7-18-14)20-12-5-3-4-11(8-12)10-16/h3-9H,2,10,16H2,1H3,(H,17,19). The van der Waals surface area contributed by atoms with Gasteiger partial charge in [-0.2, -0.15) is 0 Å². The van der Waals surface area contributed by atoms with Crippen molar-refractivity contribution in [3.05, 3.63) is 53.9 Å². The molecule has 0 atom stereocenters. The molecule has 1 aromatic heterocycles. The molecule has 20 heavy (non-hydrogen) atoms. The zero-order chi connectivity index (χ0) is 14.4. The Morgan fingerprint density at radius 1 is 1.30 bits per heavy atom. The number of rotatable bonds is 5. The van der Waals surface area contributed by atoms with E-state index in [0.29, 0.717) is 30.3 Å². The van der Waals surface area contributed by atoms with Crippen LogP contribution in [0.15, 0.2) is 42.6 Å². The number of hydrogen-bond acceptors (Lipinski definition) is 4. The van der Waals surface area contributed by atoms with Crippen LogP contribution in [0.5, 0.6) is 11.5 Å². The minimum atomic E-state index is -0.214. The zero-order valence-corrected chi connectivity index (χ0v) is 11.3. The molecule has 0 saturated carbocycles. The second kappa shape index (κ2) is 6.68. The largest absolute Gasteiger partial charge is 0.457 e. The summed E-state index contributed by atoms with van der Waals surface area (Å²) in [6.45, 7) is 2.87. The number of benzene rings is 1. The number of ether oxygens (including phenoxy) is 1. The van der Waals surface area contributed by atoms with Crippen molar-refractivity contribution < 1.29 is 9.53 Å². The molecule has 0 bridgehead atoms. The van der Waals surface area contributed by atoms with Crippen LogP contribution < -0.4 is 15.8 Å². The summed E-state index contributed by atoms with van der Waals surface area (Å²) in [5, 5.41) is 2.70. The molecule has 104 valence electrons. The number of nitrogens with zero attached hydrogens (tertiary/aromatic N) is 1. The van der Waals surface area contributed by atoms with Crippen molar-refractivity contribution in [3.63, 3.8) is 0 Å². The molecule has 0 spiro atoms. The summed E-state index contributed by atoms with van der Waals surface area (Å²) in [5.74, 6) is 1.03. The summed E-state index contributed by atoms with van der Waals surface area (Å²) in [4.78, 5) is 15.7. The molecule has 1 aromatic carbocycles. The number of nitrogens with two attached hydrogens (primary N) is 1. The minimum absolute atomic E-state index is 0.214. The molecule has 3 N–H and O–H groups in total. The van der Waals surface area contributed by atoms with Gasteiger partial charge in [0.1, 0.15) is 17.2 Å². The van der Waals surface area contributed by atoms with Gasteiger partial charge in [0.25, 0.3) is 5.91 Å². The van der Waals surface area contributed by atoms with Gasteiger partial charge in [0.05, 0.1) is 0 Å². The van der Waals surface area contributed by atoms with Gasteiger partial charge < -0.3 is 15.8 Å². The molecular weight excluding hydrogens is 254 g/mol. The van der Waals surface area contributed by atoms with E-state index in [0.717, 1.165) is 5.56 Å². The van der Waals surface area contributed by atoms with E-state index >= 15 is 0 Å². The zero-order valence-electron chi connectivity index (χ0n) is 11.3. The fraction of sp³-hybridized carbons (Fsp3) is 0.200. The van der Waals surface area contributed by atoms with Gasteiger partial charge in [-0.15, -0.1) is 0 Å². The van der Waals surface area contributed by atoms with Crippen LogP contribution in [0.25, 0.3) is 0 Å². The number of carbonyl (C=O) groups is 1. The van der Waals surface area contributed by atoms with Gasteiger partial charge in [0.2, 0.25) is 0 Å². The van der Waals surface area contributed by atoms with Crippen molar-refractivity contribution in [1.29, 1.82) is 0 Å². The number of pyridine rings is 1. The molecule has 5 heteroatoms. The third-order valence-electron chi connectivity index (χ3n) is 2.67. The molecule has 2 aromatic rings. The molecule has 0 aliphatic heterocycles. The van der Waals surface area contributed by atoms with Gasteiger partial charge in [-0.1, -0.05) is 12.1 Å². The van der Waals surface area contributed by atoms with E-state index in [2.05, 4.69) is 10.3 Å². The van der Waals surface area contributed by atoms with E-state index in [1.54, 1.807) is 18.3 Å². The lowest BCUT2D eigenvalue weighted by Gasteiger charge is -2.08. The summed E-state index contributed by atoms with van der Waals surface area (Å²) in [6.07, 6.45) is 1.55. The summed E-state index contributed by atoms with van der Waals surface area (Å²) in [7, 11) is 0. The van der Waals surface area contributed by atoms with Crippen LogP contribution in [-0.2, 0) is 6.54 Å². The molecule has 1 heterocycles. The van der Waals surface area contributed by atoms with E-state index < -0.39 is 0 Å². The predicted molar refractivity (Wildman–Crippen MR) is 76.7 cm³/mol. The van der Waals surface area contributed by atoms with Gasteiger partial charge in [0.15, 0.2) is 0 Å². The highest BCUT2D eigenvalue weighted by atomic mass is 16.5. The molecule has 2 rings (SSSR count). The molecule has 1 amide bonds. The third kappa shape index (κ3) is 3.55. The minimum Gasteiger partial charge on any atom is -0.457 e. The molecule has 0 saturated heterocycles. The first kappa shape index (κ1) is 14.0. The first-order chi connectivity index (χ1) is 9.72. The summed E-state index contributed by atoms with van der Waals surface area (Å²) in [5.41, 5.74) is 6.91. The molecular formula is C15H17N3O2. The lowest BCUT2D eigenvalue weighted by atomic mass is 10.2. The smallest absolute Gasteiger partial charge is 0.270 e. The van der Waals surface area contributed by atoms with Crippen molar-refractivity contribution in [2.45, 2.75) is 13.5 Å². The van der Waals surface area contributed by atoms with Gasteiger partial charge in [0, 0.05) is 25.4 Å². The van der Waals surface area contributed by atoms with Gasteiger partial charge in [-0.25, -0.2) is 0 Å². The third-order valence-corrected chi connectivity index (χ3v) is 2.67. The average Bonchev–Trinajstić information content (AvgIpc) is 2.48. The van der Waals surface area contributed by atoms with Gasteiger partial charge >= 0.3 is 0 Å². The van der Waals surface area contributed by atoms with Gasteiger partial charge in [-0.05, 0) is 30.7 Å². The van der Waals surface area contributed by atoms with Crippen molar-refractivity contribution in [2.75, 3.05) is 6.54 Å². The van der Waals surface area contributed by atoms with Crippen LogP contribution in [0.2, 0.25) is 0 Å². The molecule has 0 unspecified atom stereocenters. The fourth-order valence-corrected chi connectivity index (χ4v) is 1.72. The maximum absolute atomic E-state index is 11.7. The van der Waals surface area contributed by atoms with E-state index in [4.69, 9.17) is 10.5 Å². The van der Waals surface area contributed by atoms with Crippen molar-refractivity contribution >= 4 is 5.91 Å². The second-order valence-electron chi connectivity index (χ2n) is 4.19. The Labute approximate surface area is 117 Å². The Balaban J connectivity index is 2.16. The number of hydrogen-bond donors (Lipinski definition) is 2. The summed E-state index contributed by atoms with van der Waals surface area (Å²) < 4.78 is 5.71. The highest BCUT2D eigenvalue weighted by molar-refractivity contribution is 5.92. The number of carbonyl (C=O) groups excluding carboxylic acids is 1. The SMILES string of the molecule is CCNC(=O)c1cc(Oc2cccc(CN)c2)ccn1. The second-order valence-corrected chi connectivity index (χ2v) is 4.19. The number of nitrogens with one attached hydrogen (secondary N) is 1. The van der Waals surface area contributed by atoms with Crippen LogP contribution in [0.3, 0.4) is 0 Å². The first-order valence-electron chi connectivity index (χ1n) is 6.44. The highest BCUT2D eigenvalue weighted by Crippen LogP contribution is 2.22. The summed E-state index contributed by atoms with van der Waals surface area (Å²) in [6, 6.07) is 10.8. The Bertz CT molecular complexity index is 599. The maximum Gasteiger partial charge on any atom is 0.270 e. The number of aromatic nitrogens is 1. The average molecular weight is 271 g/mol. The maximum atomic E-state index is 11.7. The Hall–Kier alpha value is -2.40. The monoisotopic (exact) mass is 271 g/mol. The van der Waals surface area contributed by atoms with Crippen molar-refractivity contribution in [3.8, 4) is 11.5 Å². The lowest BCUT2D eigenvalue weighted by molar-refractivity contribution is 0.0950. The fourth-order valence-electron chi connectivity index (χ4n) is 1.72. The Kier molecular flexibility index (Phi) is 4.68. The predicted octanol–water partition coefficient (Wildman–Crippen LogP) is 2.08. The molecule has 0 aliphatic rings. The normalized spacial score (nSPS) is 10.1. The topological polar surface area (TPSA) is 77.2 Å². The van der Waals surface area contributed by atoms with E-state index in [1.165, 1.54) is 0 Å². The first-order valence-corrected chi connectivity index (χ1v) is 6.44. The highest BCUT2D eigenvalue weighted by Gasteiger charge is 2.07. The van der Waals surface area contributed by atoms with Crippen LogP contribution in [0.1, 0.15) is 23.0 Å². The lowest BCUT2D eigenvalue weighted by Crippen LogP contribution is -2.23. The van der Waals surface area contributed by atoms with Crippen LogP contribution >= 0.6 is 0 Å². The molecule has 0 aliphatic carbocycles. The quantitative estimate of drug-likeness (QED) is 0.872. The summed E-state index contributed by atoms with van der Waals surface area (Å²) >= 11 is 0. The van der Waals surface area contributed by atoms with Crippen molar-refractivity contribution in [1.82, 2.24) is 10.3 Å². The molecule has 5 nitrogen and oxygen atoms in total. The van der Waals surface area contributed by atoms with E-state index in [9.17, 15) is 4.79 Å². The van der Waals surface area contributed by atoms with Gasteiger partial charge in [-0.3, -0.25) is 9.78 Å². The molecule has 0 fully saturated rings. The van der Waals surface area contributed by atoms with Crippen LogP contribution in [-0.4, -0.2) is 17.4 Å². The Morgan fingerprint density at radius 3 is 2.85 bits per heavy atom. The van der Waals surface area contributed by atoms with E-state index in [1.807, 2.05) is 31.2 Å². The number of amides is 1. The van der Waals surface area contributed by atoms with E-state index in [-0.39, 0.29) is 5.91 Å². The van der Waals surface area contributed by atoms with Crippen LogP contribution in [0.4, 0.5) is 0 Å². The van der Waals surface area contributed by atoms with Crippen LogP contribution in [0, 0.1) is 0 Å². The molecule has 0 radical (unpaired) electrons.